The van der Waals surface area contributed by atoms with Crippen LogP contribution in [0.3, 0.4) is 0 Å². The largest absolute Gasteiger partial charge is 0.374 e. The molecule has 0 aliphatic carbocycles. The van der Waals surface area contributed by atoms with Gasteiger partial charge in [0.1, 0.15) is 5.72 Å². The molecule has 0 aromatic heterocycles. The summed E-state index contributed by atoms with van der Waals surface area (Å²) in [4.78, 5) is 14.3. The summed E-state index contributed by atoms with van der Waals surface area (Å²) in [6.07, 6.45) is 0.451. The fourth-order valence-electron chi connectivity index (χ4n) is 1.26. The van der Waals surface area contributed by atoms with Gasteiger partial charge in [-0.05, 0) is 0 Å². The first-order chi connectivity index (χ1) is 5.42. The third-order valence-corrected chi connectivity index (χ3v) is 1.93. The molecule has 5 heteroatoms. The topological polar surface area (TPSA) is 69.8 Å². The summed E-state index contributed by atoms with van der Waals surface area (Å²) in [5.74, 6) is 0. The van der Waals surface area contributed by atoms with Gasteiger partial charge in [-0.1, -0.05) is 0 Å². The van der Waals surface area contributed by atoms with Gasteiger partial charge < -0.3 is 20.6 Å². The van der Waals surface area contributed by atoms with Gasteiger partial charge in [-0.25, -0.2) is 4.79 Å². The van der Waals surface area contributed by atoms with Crippen LogP contribution in [-0.2, 0) is 0 Å². The zero-order valence-electron chi connectivity index (χ0n) is 7.45. The SMILES string of the molecule is CN(C)C(=O)N1CCC(N)(O)C1. The van der Waals surface area contributed by atoms with Crippen molar-refractivity contribution in [3.8, 4) is 0 Å². The molecule has 1 fully saturated rings. The Kier molecular flexibility index (Phi) is 2.25. The molecular weight excluding hydrogens is 158 g/mol. The normalized spacial score (nSPS) is 29.2. The van der Waals surface area contributed by atoms with Crippen LogP contribution in [0.4, 0.5) is 4.79 Å². The van der Waals surface area contributed by atoms with Crippen LogP contribution in [0, 0.1) is 0 Å². The van der Waals surface area contributed by atoms with Crippen LogP contribution < -0.4 is 5.73 Å². The van der Waals surface area contributed by atoms with Crippen LogP contribution in [0.15, 0.2) is 0 Å². The minimum atomic E-state index is -1.19. The van der Waals surface area contributed by atoms with Crippen molar-refractivity contribution in [1.29, 1.82) is 0 Å². The molecule has 0 aromatic carbocycles. The van der Waals surface area contributed by atoms with Crippen molar-refractivity contribution < 1.29 is 9.90 Å². The van der Waals surface area contributed by atoms with E-state index in [4.69, 9.17) is 5.73 Å². The van der Waals surface area contributed by atoms with Crippen LogP contribution in [0.25, 0.3) is 0 Å². The molecule has 1 saturated heterocycles. The van der Waals surface area contributed by atoms with Gasteiger partial charge in [0.15, 0.2) is 0 Å². The molecule has 0 bridgehead atoms. The van der Waals surface area contributed by atoms with Crippen molar-refractivity contribution in [3.63, 3.8) is 0 Å². The van der Waals surface area contributed by atoms with Crippen LogP contribution in [0.2, 0.25) is 0 Å². The number of likely N-dealkylation sites (tertiary alicyclic amines) is 1. The molecule has 12 heavy (non-hydrogen) atoms. The summed E-state index contributed by atoms with van der Waals surface area (Å²) in [7, 11) is 3.35. The number of β-amino-alcohol motifs (C(OH)–C–C–N with tert-alkyl or cyclic N) is 1. The predicted octanol–water partition coefficient (Wildman–Crippen LogP) is -0.979. The lowest BCUT2D eigenvalue weighted by Crippen LogP contribution is -2.45. The van der Waals surface area contributed by atoms with Crippen molar-refractivity contribution in [2.24, 2.45) is 5.73 Å². The molecule has 0 radical (unpaired) electrons. The monoisotopic (exact) mass is 173 g/mol. The van der Waals surface area contributed by atoms with Crippen molar-refractivity contribution in [2.75, 3.05) is 27.2 Å². The molecule has 1 aliphatic rings. The average Bonchev–Trinajstić information content (AvgIpc) is 2.28. The standard InChI is InChI=1S/C7H15N3O2/c1-9(2)6(11)10-4-3-7(8,12)5-10/h12H,3-5,8H2,1-2H3. The Morgan fingerprint density at radius 1 is 1.67 bits per heavy atom. The van der Waals surface area contributed by atoms with E-state index >= 15 is 0 Å². The van der Waals surface area contributed by atoms with Gasteiger partial charge in [0.25, 0.3) is 0 Å². The van der Waals surface area contributed by atoms with Gasteiger partial charge in [0.05, 0.1) is 6.54 Å². The van der Waals surface area contributed by atoms with E-state index in [1.54, 1.807) is 19.0 Å². The highest BCUT2D eigenvalue weighted by molar-refractivity contribution is 5.74. The third kappa shape index (κ3) is 1.86. The zero-order chi connectivity index (χ0) is 9.35. The van der Waals surface area contributed by atoms with E-state index in [0.717, 1.165) is 0 Å². The molecule has 3 N–H and O–H groups in total. The van der Waals surface area contributed by atoms with E-state index in [-0.39, 0.29) is 12.6 Å². The Bertz CT molecular complexity index is 191. The van der Waals surface area contributed by atoms with E-state index < -0.39 is 5.72 Å². The molecule has 1 unspecified atom stereocenters. The molecule has 5 nitrogen and oxygen atoms in total. The highest BCUT2D eigenvalue weighted by atomic mass is 16.3. The maximum atomic E-state index is 11.3. The van der Waals surface area contributed by atoms with Gasteiger partial charge >= 0.3 is 6.03 Å². The number of hydrogen-bond donors (Lipinski definition) is 2. The summed E-state index contributed by atoms with van der Waals surface area (Å²) in [5.41, 5.74) is 4.26. The van der Waals surface area contributed by atoms with Crippen LogP contribution >= 0.6 is 0 Å². The molecule has 70 valence electrons. The number of aliphatic hydroxyl groups is 1. The molecule has 2 amide bonds. The van der Waals surface area contributed by atoms with Crippen LogP contribution in [-0.4, -0.2) is 53.8 Å². The minimum Gasteiger partial charge on any atom is -0.374 e. The predicted molar refractivity (Wildman–Crippen MR) is 44.4 cm³/mol. The lowest BCUT2D eigenvalue weighted by Gasteiger charge is -2.22. The number of amides is 2. The first-order valence-electron chi connectivity index (χ1n) is 3.90. The fraction of sp³-hybridized carbons (Fsp3) is 0.857. The molecule has 1 rings (SSSR count). The van der Waals surface area contributed by atoms with E-state index in [0.29, 0.717) is 13.0 Å². The highest BCUT2D eigenvalue weighted by Crippen LogP contribution is 2.16. The minimum absolute atomic E-state index is 0.101. The Labute approximate surface area is 71.7 Å². The maximum absolute atomic E-state index is 11.3. The summed E-state index contributed by atoms with van der Waals surface area (Å²) in [5, 5.41) is 9.36. The third-order valence-electron chi connectivity index (χ3n) is 1.93. The van der Waals surface area contributed by atoms with Gasteiger partial charge in [0, 0.05) is 27.1 Å². The molecule has 1 aliphatic heterocycles. The summed E-state index contributed by atoms with van der Waals surface area (Å²) in [6, 6.07) is -0.101. The number of nitrogens with two attached hydrogens (primary N) is 1. The smallest absolute Gasteiger partial charge is 0.319 e. The summed E-state index contributed by atoms with van der Waals surface area (Å²) < 4.78 is 0. The molecule has 0 saturated carbocycles. The number of nitrogens with zero attached hydrogens (tertiary/aromatic N) is 2. The summed E-state index contributed by atoms with van der Waals surface area (Å²) in [6.45, 7) is 0.758. The van der Waals surface area contributed by atoms with Crippen molar-refractivity contribution >= 4 is 6.03 Å². The first kappa shape index (κ1) is 9.28. The number of urea groups is 1. The second-order valence-electron chi connectivity index (χ2n) is 3.45. The Morgan fingerprint density at radius 3 is 2.58 bits per heavy atom. The Balaban J connectivity index is 2.53. The molecular formula is C7H15N3O2. The van der Waals surface area contributed by atoms with Crippen molar-refractivity contribution in [1.82, 2.24) is 9.80 Å². The lowest BCUT2D eigenvalue weighted by atomic mass is 10.2. The molecule has 1 heterocycles. The van der Waals surface area contributed by atoms with E-state index in [1.165, 1.54) is 4.90 Å². The quantitative estimate of drug-likeness (QED) is 0.463. The fourth-order valence-corrected chi connectivity index (χ4v) is 1.26. The van der Waals surface area contributed by atoms with E-state index in [2.05, 4.69) is 0 Å². The van der Waals surface area contributed by atoms with Gasteiger partial charge in [-0.15, -0.1) is 0 Å². The number of carbonyl (C=O) groups is 1. The van der Waals surface area contributed by atoms with Crippen LogP contribution in [0.1, 0.15) is 6.42 Å². The molecule has 0 aromatic rings. The van der Waals surface area contributed by atoms with Crippen LogP contribution in [0.5, 0.6) is 0 Å². The maximum Gasteiger partial charge on any atom is 0.319 e. The van der Waals surface area contributed by atoms with Crippen molar-refractivity contribution in [3.05, 3.63) is 0 Å². The van der Waals surface area contributed by atoms with Gasteiger partial charge in [-0.3, -0.25) is 0 Å². The number of carbonyl (C=O) groups excluding carboxylic acids is 1. The second-order valence-corrected chi connectivity index (χ2v) is 3.45. The van der Waals surface area contributed by atoms with Gasteiger partial charge in [-0.2, -0.15) is 0 Å². The second kappa shape index (κ2) is 2.91. The molecule has 1 atom stereocenters. The van der Waals surface area contributed by atoms with E-state index in [9.17, 15) is 9.90 Å². The van der Waals surface area contributed by atoms with Gasteiger partial charge in [0.2, 0.25) is 0 Å². The molecule has 0 spiro atoms. The number of hydrogen-bond acceptors (Lipinski definition) is 3. The summed E-state index contributed by atoms with van der Waals surface area (Å²) >= 11 is 0. The number of rotatable bonds is 0. The van der Waals surface area contributed by atoms with Crippen molar-refractivity contribution in [2.45, 2.75) is 12.1 Å². The Morgan fingerprint density at radius 2 is 2.25 bits per heavy atom. The average molecular weight is 173 g/mol. The Hall–Kier alpha value is -0.810. The highest BCUT2D eigenvalue weighted by Gasteiger charge is 2.34. The zero-order valence-corrected chi connectivity index (χ0v) is 7.45. The van der Waals surface area contributed by atoms with E-state index in [1.807, 2.05) is 0 Å². The lowest BCUT2D eigenvalue weighted by molar-refractivity contribution is 0.0577. The first-order valence-corrected chi connectivity index (χ1v) is 3.90.